The summed E-state index contributed by atoms with van der Waals surface area (Å²) in [5.41, 5.74) is 3.45. The topological polar surface area (TPSA) is 54.5 Å². The van der Waals surface area contributed by atoms with Gasteiger partial charge in [0.1, 0.15) is 0 Å². The van der Waals surface area contributed by atoms with Crippen LogP contribution in [0.5, 0.6) is 0 Å². The van der Waals surface area contributed by atoms with E-state index >= 15 is 0 Å². The Bertz CT molecular complexity index is 707. The van der Waals surface area contributed by atoms with Crippen LogP contribution < -0.4 is 0 Å². The summed E-state index contributed by atoms with van der Waals surface area (Å²) in [5.74, 6) is 0.802. The van der Waals surface area contributed by atoms with Gasteiger partial charge in [0, 0.05) is 23.2 Å². The van der Waals surface area contributed by atoms with E-state index in [0.29, 0.717) is 0 Å². The Labute approximate surface area is 128 Å². The van der Waals surface area contributed by atoms with Gasteiger partial charge in [0.05, 0.1) is 0 Å². The van der Waals surface area contributed by atoms with Crippen molar-refractivity contribution in [2.45, 2.75) is 24.3 Å². The molecule has 0 aliphatic heterocycles. The Morgan fingerprint density at radius 2 is 1.95 bits per heavy atom. The van der Waals surface area contributed by atoms with Crippen LogP contribution in [0.2, 0.25) is 0 Å². The monoisotopic (exact) mass is 296 g/mol. The minimum Gasteiger partial charge on any atom is -0.264 e. The van der Waals surface area contributed by atoms with Crippen LogP contribution >= 0.6 is 11.8 Å². The van der Waals surface area contributed by atoms with Crippen LogP contribution in [0.15, 0.2) is 53.9 Å². The van der Waals surface area contributed by atoms with Gasteiger partial charge in [-0.25, -0.2) is 4.98 Å². The van der Waals surface area contributed by atoms with Crippen molar-refractivity contribution >= 4 is 11.8 Å². The lowest BCUT2D eigenvalue weighted by molar-refractivity contribution is 0.958. The largest absolute Gasteiger partial charge is 0.264 e. The van der Waals surface area contributed by atoms with E-state index in [0.717, 1.165) is 16.5 Å². The maximum atomic E-state index is 4.55. The lowest BCUT2D eigenvalue weighted by atomic mass is 10.1. The molecule has 0 aliphatic carbocycles. The molecule has 4 nitrogen and oxygen atoms in total. The Kier molecular flexibility index (Phi) is 4.01. The van der Waals surface area contributed by atoms with E-state index in [2.05, 4.69) is 64.3 Å². The highest BCUT2D eigenvalue weighted by Gasteiger charge is 2.12. The summed E-state index contributed by atoms with van der Waals surface area (Å²) >= 11 is 1.62. The lowest BCUT2D eigenvalue weighted by Gasteiger charge is -2.07. The van der Waals surface area contributed by atoms with Crippen LogP contribution in [-0.2, 0) is 0 Å². The predicted octanol–water partition coefficient (Wildman–Crippen LogP) is 4.03. The fraction of sp³-hybridized carbons (Fsp3) is 0.188. The van der Waals surface area contributed by atoms with Gasteiger partial charge in [-0.1, -0.05) is 47.7 Å². The number of aryl methyl sites for hydroxylation is 1. The highest BCUT2D eigenvalue weighted by molar-refractivity contribution is 7.99. The van der Waals surface area contributed by atoms with E-state index in [1.807, 2.05) is 12.3 Å². The first-order valence-electron chi connectivity index (χ1n) is 6.78. The molecule has 106 valence electrons. The molecule has 1 aromatic carbocycles. The molecule has 3 rings (SSSR count). The molecule has 21 heavy (non-hydrogen) atoms. The zero-order valence-electron chi connectivity index (χ0n) is 11.9. The molecule has 0 fully saturated rings. The summed E-state index contributed by atoms with van der Waals surface area (Å²) in [6.45, 7) is 4.20. The molecule has 0 unspecified atom stereocenters. The van der Waals surface area contributed by atoms with Crippen LogP contribution in [-0.4, -0.2) is 20.2 Å². The standard InChI is InChI=1S/C16H16N4S/c1-11-5-7-13(8-6-11)15-18-16(20-19-15)21-12(2)14-4-3-9-17-10-14/h3-10,12H,1-2H3,(H,18,19,20)/t12-/m0/s1. The van der Waals surface area contributed by atoms with Crippen molar-refractivity contribution in [1.82, 2.24) is 20.2 Å². The summed E-state index contributed by atoms with van der Waals surface area (Å²) in [5, 5.41) is 8.30. The van der Waals surface area contributed by atoms with Crippen molar-refractivity contribution in [3.05, 3.63) is 59.9 Å². The third-order valence-corrected chi connectivity index (χ3v) is 4.25. The summed E-state index contributed by atoms with van der Waals surface area (Å²) in [4.78, 5) is 8.70. The van der Waals surface area contributed by atoms with Crippen molar-refractivity contribution in [2.75, 3.05) is 0 Å². The van der Waals surface area contributed by atoms with Gasteiger partial charge in [0.25, 0.3) is 0 Å². The molecule has 1 atom stereocenters. The molecule has 0 aliphatic rings. The van der Waals surface area contributed by atoms with Crippen molar-refractivity contribution in [3.63, 3.8) is 0 Å². The first-order valence-corrected chi connectivity index (χ1v) is 7.66. The molecule has 0 amide bonds. The Hall–Kier alpha value is -2.14. The number of nitrogens with one attached hydrogen (secondary N) is 1. The van der Waals surface area contributed by atoms with Gasteiger partial charge >= 0.3 is 0 Å². The minimum absolute atomic E-state index is 0.264. The highest BCUT2D eigenvalue weighted by atomic mass is 32.2. The van der Waals surface area contributed by atoms with E-state index in [-0.39, 0.29) is 5.25 Å². The molecule has 2 heterocycles. The maximum Gasteiger partial charge on any atom is 0.209 e. The maximum absolute atomic E-state index is 4.55. The number of aromatic amines is 1. The average molecular weight is 296 g/mol. The molecule has 3 aromatic rings. The number of aromatic nitrogens is 4. The second-order valence-electron chi connectivity index (χ2n) is 4.88. The smallest absolute Gasteiger partial charge is 0.209 e. The molecule has 0 spiro atoms. The number of benzene rings is 1. The average Bonchev–Trinajstić information content (AvgIpc) is 2.97. The molecular formula is C16H16N4S. The fourth-order valence-corrected chi connectivity index (χ4v) is 2.82. The van der Waals surface area contributed by atoms with Gasteiger partial charge in [-0.2, -0.15) is 0 Å². The SMILES string of the molecule is Cc1ccc(-c2nc(S[C@@H](C)c3cccnc3)n[nH]2)cc1. The zero-order chi connectivity index (χ0) is 14.7. The molecule has 2 aromatic heterocycles. The third kappa shape index (κ3) is 3.31. The van der Waals surface area contributed by atoms with Crippen molar-refractivity contribution in [3.8, 4) is 11.4 Å². The fourth-order valence-electron chi connectivity index (χ4n) is 1.98. The van der Waals surface area contributed by atoms with Crippen LogP contribution in [0.1, 0.15) is 23.3 Å². The molecule has 1 N–H and O–H groups in total. The summed E-state index contributed by atoms with van der Waals surface area (Å²) in [6, 6.07) is 12.3. The quantitative estimate of drug-likeness (QED) is 0.739. The Balaban J connectivity index is 1.75. The third-order valence-electron chi connectivity index (χ3n) is 3.23. The molecule has 0 bridgehead atoms. The second kappa shape index (κ2) is 6.10. The number of rotatable bonds is 4. The molecule has 5 heteroatoms. The van der Waals surface area contributed by atoms with Gasteiger partial charge in [0.15, 0.2) is 5.82 Å². The molecular weight excluding hydrogens is 280 g/mol. The second-order valence-corrected chi connectivity index (χ2v) is 6.19. The van der Waals surface area contributed by atoms with Crippen LogP contribution in [0, 0.1) is 6.92 Å². The number of H-pyrrole nitrogens is 1. The van der Waals surface area contributed by atoms with Gasteiger partial charge < -0.3 is 0 Å². The Morgan fingerprint density at radius 1 is 1.14 bits per heavy atom. The van der Waals surface area contributed by atoms with Crippen LogP contribution in [0.25, 0.3) is 11.4 Å². The predicted molar refractivity (Wildman–Crippen MR) is 85.1 cm³/mol. The zero-order valence-corrected chi connectivity index (χ0v) is 12.8. The normalized spacial score (nSPS) is 12.3. The first kappa shape index (κ1) is 13.8. The summed E-state index contributed by atoms with van der Waals surface area (Å²) in [6.07, 6.45) is 3.66. The number of hydrogen-bond donors (Lipinski definition) is 1. The van der Waals surface area contributed by atoms with E-state index in [1.54, 1.807) is 18.0 Å². The van der Waals surface area contributed by atoms with Gasteiger partial charge in [0.2, 0.25) is 5.16 Å². The van der Waals surface area contributed by atoms with Crippen LogP contribution in [0.4, 0.5) is 0 Å². The van der Waals surface area contributed by atoms with Crippen molar-refractivity contribution in [2.24, 2.45) is 0 Å². The number of nitrogens with zero attached hydrogens (tertiary/aromatic N) is 3. The van der Waals surface area contributed by atoms with E-state index < -0.39 is 0 Å². The van der Waals surface area contributed by atoms with Crippen LogP contribution in [0.3, 0.4) is 0 Å². The minimum atomic E-state index is 0.264. The number of pyridine rings is 1. The number of hydrogen-bond acceptors (Lipinski definition) is 4. The molecule has 0 radical (unpaired) electrons. The first-order chi connectivity index (χ1) is 10.2. The van der Waals surface area contributed by atoms with Gasteiger partial charge in [-0.15, -0.1) is 5.10 Å². The van der Waals surface area contributed by atoms with Gasteiger partial charge in [-0.05, 0) is 25.5 Å². The highest BCUT2D eigenvalue weighted by Crippen LogP contribution is 2.32. The van der Waals surface area contributed by atoms with Crippen molar-refractivity contribution in [1.29, 1.82) is 0 Å². The van der Waals surface area contributed by atoms with Crippen molar-refractivity contribution < 1.29 is 0 Å². The molecule has 0 saturated carbocycles. The van der Waals surface area contributed by atoms with E-state index in [9.17, 15) is 0 Å². The van der Waals surface area contributed by atoms with E-state index in [1.165, 1.54) is 11.1 Å². The number of thioether (sulfide) groups is 1. The lowest BCUT2D eigenvalue weighted by Crippen LogP contribution is -1.89. The Morgan fingerprint density at radius 3 is 2.67 bits per heavy atom. The molecule has 0 saturated heterocycles. The summed E-state index contributed by atoms with van der Waals surface area (Å²) < 4.78 is 0. The van der Waals surface area contributed by atoms with E-state index in [4.69, 9.17) is 0 Å². The summed E-state index contributed by atoms with van der Waals surface area (Å²) in [7, 11) is 0. The van der Waals surface area contributed by atoms with Gasteiger partial charge in [-0.3, -0.25) is 10.1 Å².